The zero-order valence-corrected chi connectivity index (χ0v) is 11.3. The lowest BCUT2D eigenvalue weighted by atomic mass is 9.80. The molecule has 1 N–H and O–H groups in total. The second kappa shape index (κ2) is 5.76. The van der Waals surface area contributed by atoms with Crippen LogP contribution in [0.1, 0.15) is 32.3 Å². The standard InChI is InChI=1S/C14H20O4/c1-14(2,8-7-13(15)16)10-5-6-11(17-3)12(9-10)18-4/h5-6,9H,7-8H2,1-4H3,(H,15,16). The normalized spacial score (nSPS) is 11.1. The van der Waals surface area contributed by atoms with Gasteiger partial charge in [-0.3, -0.25) is 4.79 Å². The number of ether oxygens (including phenoxy) is 2. The van der Waals surface area contributed by atoms with Gasteiger partial charge < -0.3 is 14.6 Å². The van der Waals surface area contributed by atoms with Crippen molar-refractivity contribution in [2.75, 3.05) is 14.2 Å². The second-order valence-electron chi connectivity index (χ2n) is 4.85. The molecule has 0 heterocycles. The highest BCUT2D eigenvalue weighted by Gasteiger charge is 2.23. The minimum absolute atomic E-state index is 0.154. The van der Waals surface area contributed by atoms with Crippen LogP contribution in [0, 0.1) is 0 Å². The highest BCUT2D eigenvalue weighted by atomic mass is 16.5. The van der Waals surface area contributed by atoms with E-state index in [2.05, 4.69) is 0 Å². The van der Waals surface area contributed by atoms with Crippen molar-refractivity contribution >= 4 is 5.97 Å². The summed E-state index contributed by atoms with van der Waals surface area (Å²) in [7, 11) is 3.18. The van der Waals surface area contributed by atoms with Gasteiger partial charge in [0.25, 0.3) is 0 Å². The summed E-state index contributed by atoms with van der Waals surface area (Å²) in [6.07, 6.45) is 0.735. The average Bonchev–Trinajstić information content (AvgIpc) is 2.35. The van der Waals surface area contributed by atoms with E-state index < -0.39 is 5.97 Å². The van der Waals surface area contributed by atoms with Crippen molar-refractivity contribution in [3.63, 3.8) is 0 Å². The number of carbonyl (C=O) groups is 1. The highest BCUT2D eigenvalue weighted by Crippen LogP contribution is 2.35. The van der Waals surface area contributed by atoms with Crippen molar-refractivity contribution in [3.05, 3.63) is 23.8 Å². The van der Waals surface area contributed by atoms with Crippen LogP contribution in [0.15, 0.2) is 18.2 Å². The lowest BCUT2D eigenvalue weighted by molar-refractivity contribution is -0.137. The number of rotatable bonds is 6. The molecule has 0 aliphatic carbocycles. The Balaban J connectivity index is 2.97. The van der Waals surface area contributed by atoms with Gasteiger partial charge in [-0.15, -0.1) is 0 Å². The highest BCUT2D eigenvalue weighted by molar-refractivity contribution is 5.66. The first kappa shape index (κ1) is 14.4. The number of methoxy groups -OCH3 is 2. The lowest BCUT2D eigenvalue weighted by Crippen LogP contribution is -2.18. The van der Waals surface area contributed by atoms with Gasteiger partial charge in [-0.05, 0) is 29.5 Å². The quantitative estimate of drug-likeness (QED) is 0.845. The Morgan fingerprint density at radius 3 is 2.33 bits per heavy atom. The number of hydrogen-bond donors (Lipinski definition) is 1. The van der Waals surface area contributed by atoms with Gasteiger partial charge in [0, 0.05) is 6.42 Å². The average molecular weight is 252 g/mol. The molecule has 0 bridgehead atoms. The van der Waals surface area contributed by atoms with Gasteiger partial charge in [-0.1, -0.05) is 19.9 Å². The van der Waals surface area contributed by atoms with Crippen molar-refractivity contribution in [1.29, 1.82) is 0 Å². The Bertz CT molecular complexity index is 424. The maximum absolute atomic E-state index is 10.7. The van der Waals surface area contributed by atoms with Gasteiger partial charge in [0.05, 0.1) is 14.2 Å². The van der Waals surface area contributed by atoms with Crippen molar-refractivity contribution < 1.29 is 19.4 Å². The van der Waals surface area contributed by atoms with E-state index in [1.807, 2.05) is 32.0 Å². The van der Waals surface area contributed by atoms with E-state index in [1.54, 1.807) is 14.2 Å². The van der Waals surface area contributed by atoms with Crippen LogP contribution < -0.4 is 9.47 Å². The van der Waals surface area contributed by atoms with E-state index in [1.165, 1.54) is 0 Å². The Morgan fingerprint density at radius 2 is 1.83 bits per heavy atom. The smallest absolute Gasteiger partial charge is 0.303 e. The van der Waals surface area contributed by atoms with Gasteiger partial charge in [0.15, 0.2) is 11.5 Å². The summed E-state index contributed by atoms with van der Waals surface area (Å²) < 4.78 is 10.4. The molecule has 4 nitrogen and oxygen atoms in total. The molecule has 0 unspecified atom stereocenters. The molecule has 1 aromatic carbocycles. The van der Waals surface area contributed by atoms with Gasteiger partial charge in [-0.25, -0.2) is 0 Å². The van der Waals surface area contributed by atoms with Crippen LogP contribution in [-0.4, -0.2) is 25.3 Å². The van der Waals surface area contributed by atoms with E-state index in [0.717, 1.165) is 5.56 Å². The fraction of sp³-hybridized carbons (Fsp3) is 0.500. The Morgan fingerprint density at radius 1 is 1.22 bits per heavy atom. The van der Waals surface area contributed by atoms with E-state index in [9.17, 15) is 4.79 Å². The Kier molecular flexibility index (Phi) is 4.59. The molecule has 1 aromatic rings. The van der Waals surface area contributed by atoms with Crippen LogP contribution >= 0.6 is 0 Å². The summed E-state index contributed by atoms with van der Waals surface area (Å²) in [5, 5.41) is 8.76. The van der Waals surface area contributed by atoms with Crippen LogP contribution in [0.25, 0.3) is 0 Å². The summed E-state index contributed by atoms with van der Waals surface area (Å²) in [4.78, 5) is 10.7. The molecular weight excluding hydrogens is 232 g/mol. The van der Waals surface area contributed by atoms with Crippen LogP contribution in [0.4, 0.5) is 0 Å². The predicted molar refractivity (Wildman–Crippen MR) is 69.4 cm³/mol. The van der Waals surface area contributed by atoms with Crippen LogP contribution in [0.5, 0.6) is 11.5 Å². The number of benzene rings is 1. The second-order valence-corrected chi connectivity index (χ2v) is 4.85. The molecule has 0 saturated heterocycles. The SMILES string of the molecule is COc1ccc(C(C)(C)CCC(=O)O)cc1OC. The predicted octanol–water partition coefficient (Wildman–Crippen LogP) is 2.85. The first-order valence-corrected chi connectivity index (χ1v) is 5.85. The molecule has 100 valence electrons. The third-order valence-corrected chi connectivity index (χ3v) is 3.13. The molecule has 0 aromatic heterocycles. The molecule has 0 aliphatic heterocycles. The first-order chi connectivity index (χ1) is 8.40. The molecule has 0 aliphatic rings. The van der Waals surface area contributed by atoms with Crippen molar-refractivity contribution in [3.8, 4) is 11.5 Å². The van der Waals surface area contributed by atoms with Crippen LogP contribution in [0.3, 0.4) is 0 Å². The molecule has 4 heteroatoms. The molecular formula is C14H20O4. The number of hydrogen-bond acceptors (Lipinski definition) is 3. The number of carboxylic acids is 1. The maximum Gasteiger partial charge on any atom is 0.303 e. The zero-order chi connectivity index (χ0) is 13.8. The van der Waals surface area contributed by atoms with Crippen molar-refractivity contribution in [2.45, 2.75) is 32.1 Å². The minimum atomic E-state index is -0.774. The maximum atomic E-state index is 10.7. The third-order valence-electron chi connectivity index (χ3n) is 3.13. The molecule has 0 spiro atoms. The third kappa shape index (κ3) is 3.39. The molecule has 0 amide bonds. The topological polar surface area (TPSA) is 55.8 Å². The summed E-state index contributed by atoms with van der Waals surface area (Å²) in [6, 6.07) is 5.70. The fourth-order valence-corrected chi connectivity index (χ4v) is 1.82. The van der Waals surface area contributed by atoms with Crippen molar-refractivity contribution in [2.24, 2.45) is 0 Å². The lowest BCUT2D eigenvalue weighted by Gasteiger charge is -2.25. The molecule has 0 saturated carbocycles. The van der Waals surface area contributed by atoms with Gasteiger partial charge in [-0.2, -0.15) is 0 Å². The molecule has 1 rings (SSSR count). The van der Waals surface area contributed by atoms with E-state index in [-0.39, 0.29) is 11.8 Å². The Labute approximate surface area is 108 Å². The molecule has 0 fully saturated rings. The van der Waals surface area contributed by atoms with Crippen LogP contribution in [0.2, 0.25) is 0 Å². The monoisotopic (exact) mass is 252 g/mol. The molecule has 0 radical (unpaired) electrons. The fourth-order valence-electron chi connectivity index (χ4n) is 1.82. The summed E-state index contributed by atoms with van der Waals surface area (Å²) in [5.41, 5.74) is 0.833. The van der Waals surface area contributed by atoms with E-state index >= 15 is 0 Å². The molecule has 0 atom stereocenters. The van der Waals surface area contributed by atoms with E-state index in [4.69, 9.17) is 14.6 Å². The summed E-state index contributed by atoms with van der Waals surface area (Å²) in [6.45, 7) is 4.05. The Hall–Kier alpha value is -1.71. The zero-order valence-electron chi connectivity index (χ0n) is 11.3. The molecule has 18 heavy (non-hydrogen) atoms. The van der Waals surface area contributed by atoms with Crippen LogP contribution in [-0.2, 0) is 10.2 Å². The summed E-state index contributed by atoms with van der Waals surface area (Å²) in [5.74, 6) is 0.567. The number of aliphatic carboxylic acids is 1. The van der Waals surface area contributed by atoms with Crippen molar-refractivity contribution in [1.82, 2.24) is 0 Å². The first-order valence-electron chi connectivity index (χ1n) is 5.85. The number of carboxylic acid groups (broad SMARTS) is 1. The minimum Gasteiger partial charge on any atom is -0.493 e. The van der Waals surface area contributed by atoms with Gasteiger partial charge >= 0.3 is 5.97 Å². The van der Waals surface area contributed by atoms with E-state index in [0.29, 0.717) is 17.9 Å². The van der Waals surface area contributed by atoms with Gasteiger partial charge in [0.2, 0.25) is 0 Å². The van der Waals surface area contributed by atoms with Gasteiger partial charge in [0.1, 0.15) is 0 Å². The largest absolute Gasteiger partial charge is 0.493 e. The summed E-state index contributed by atoms with van der Waals surface area (Å²) >= 11 is 0.